The third kappa shape index (κ3) is 6.46. The number of aliphatic carboxylic acids is 2. The standard InChI is InChI=1S/C13H18ClN3.C4H4O4/c1-15-13-16(2)10-12(8-9-14)17(13)11-6-4-3-5-7-11;5-3(6)1-2-4(7)8/h3-7,12H,8-10H2,1-2H3;1-2H,(H,5,6)(H,7,8)/b15-13-;2-1+. The fraction of sp³-hybridized carbons (Fsp3) is 0.353. The van der Waals surface area contributed by atoms with Crippen LogP contribution in [0.2, 0.25) is 0 Å². The molecule has 7 nitrogen and oxygen atoms in total. The molecule has 0 aromatic heterocycles. The molecule has 1 heterocycles. The van der Waals surface area contributed by atoms with Gasteiger partial charge in [-0.3, -0.25) is 4.99 Å². The molecule has 8 heteroatoms. The Morgan fingerprint density at radius 1 is 1.24 bits per heavy atom. The summed E-state index contributed by atoms with van der Waals surface area (Å²) in [5.41, 5.74) is 1.19. The van der Waals surface area contributed by atoms with Crippen LogP contribution in [0.3, 0.4) is 0 Å². The topological polar surface area (TPSA) is 93.4 Å². The summed E-state index contributed by atoms with van der Waals surface area (Å²) in [5, 5.41) is 15.6. The monoisotopic (exact) mass is 367 g/mol. The van der Waals surface area contributed by atoms with Crippen molar-refractivity contribution in [2.24, 2.45) is 4.99 Å². The molecule has 1 aliphatic rings. The molecule has 1 atom stereocenters. The lowest BCUT2D eigenvalue weighted by atomic mass is 10.2. The second kappa shape index (κ2) is 10.4. The van der Waals surface area contributed by atoms with Crippen LogP contribution in [0.5, 0.6) is 0 Å². The predicted octanol–water partition coefficient (Wildman–Crippen LogP) is 2.13. The van der Waals surface area contributed by atoms with Crippen LogP contribution in [-0.4, -0.2) is 65.6 Å². The van der Waals surface area contributed by atoms with E-state index in [1.807, 2.05) is 13.1 Å². The van der Waals surface area contributed by atoms with Crippen LogP contribution in [-0.2, 0) is 9.59 Å². The summed E-state index contributed by atoms with van der Waals surface area (Å²) in [6, 6.07) is 10.8. The number of nitrogens with zero attached hydrogens (tertiary/aromatic N) is 3. The van der Waals surface area contributed by atoms with Crippen molar-refractivity contribution in [1.82, 2.24) is 4.90 Å². The van der Waals surface area contributed by atoms with Gasteiger partial charge in [-0.15, -0.1) is 11.6 Å². The van der Waals surface area contributed by atoms with Gasteiger partial charge in [-0.1, -0.05) is 18.2 Å². The lowest BCUT2D eigenvalue weighted by molar-refractivity contribution is -0.134. The van der Waals surface area contributed by atoms with Crippen LogP contribution < -0.4 is 4.90 Å². The molecule has 2 rings (SSSR count). The van der Waals surface area contributed by atoms with E-state index in [4.69, 9.17) is 21.8 Å². The van der Waals surface area contributed by atoms with Crippen molar-refractivity contribution >= 4 is 35.2 Å². The summed E-state index contributed by atoms with van der Waals surface area (Å²) in [6.07, 6.45) is 2.09. The molecule has 1 aromatic rings. The van der Waals surface area contributed by atoms with E-state index in [0.717, 1.165) is 18.9 Å². The van der Waals surface area contributed by atoms with Gasteiger partial charge in [-0.25, -0.2) is 9.59 Å². The number of carbonyl (C=O) groups is 2. The van der Waals surface area contributed by atoms with Gasteiger partial charge in [0.2, 0.25) is 5.96 Å². The number of guanidine groups is 1. The lowest BCUT2D eigenvalue weighted by Gasteiger charge is -2.25. The van der Waals surface area contributed by atoms with Crippen molar-refractivity contribution < 1.29 is 19.8 Å². The first-order valence-corrected chi connectivity index (χ1v) is 8.16. The van der Waals surface area contributed by atoms with Crippen LogP contribution in [0.25, 0.3) is 0 Å². The van der Waals surface area contributed by atoms with Gasteiger partial charge in [-0.2, -0.15) is 0 Å². The van der Waals surface area contributed by atoms with E-state index in [2.05, 4.69) is 46.1 Å². The fourth-order valence-electron chi connectivity index (χ4n) is 2.51. The maximum atomic E-state index is 9.55. The Morgan fingerprint density at radius 2 is 1.80 bits per heavy atom. The van der Waals surface area contributed by atoms with Crippen LogP contribution in [0.15, 0.2) is 47.5 Å². The van der Waals surface area contributed by atoms with Gasteiger partial charge in [0.25, 0.3) is 0 Å². The summed E-state index contributed by atoms with van der Waals surface area (Å²) in [4.78, 5) is 28.0. The zero-order valence-corrected chi connectivity index (χ0v) is 14.9. The van der Waals surface area contributed by atoms with E-state index in [1.54, 1.807) is 0 Å². The Hall–Kier alpha value is -2.54. The summed E-state index contributed by atoms with van der Waals surface area (Å²) in [6.45, 7) is 0.980. The number of carboxylic acid groups (broad SMARTS) is 2. The van der Waals surface area contributed by atoms with E-state index in [-0.39, 0.29) is 0 Å². The molecule has 0 saturated carbocycles. The number of likely N-dealkylation sites (N-methyl/N-ethyl adjacent to an activating group) is 1. The highest BCUT2D eigenvalue weighted by Gasteiger charge is 2.33. The minimum Gasteiger partial charge on any atom is -0.478 e. The molecule has 2 N–H and O–H groups in total. The third-order valence-electron chi connectivity index (χ3n) is 3.45. The van der Waals surface area contributed by atoms with E-state index >= 15 is 0 Å². The number of halogens is 1. The first kappa shape index (κ1) is 20.5. The summed E-state index contributed by atoms with van der Waals surface area (Å²) >= 11 is 5.89. The normalized spacial score (nSPS) is 18.4. The predicted molar refractivity (Wildman–Crippen MR) is 98.4 cm³/mol. The zero-order valence-electron chi connectivity index (χ0n) is 14.2. The molecular formula is C17H22ClN3O4. The number of aliphatic imine (C=N–C) groups is 1. The highest BCUT2D eigenvalue weighted by atomic mass is 35.5. The Balaban J connectivity index is 0.000000333. The molecule has 0 amide bonds. The Labute approximate surface area is 151 Å². The van der Waals surface area contributed by atoms with Crippen molar-refractivity contribution in [2.45, 2.75) is 12.5 Å². The number of rotatable bonds is 5. The van der Waals surface area contributed by atoms with E-state index in [9.17, 15) is 9.59 Å². The summed E-state index contributed by atoms with van der Waals surface area (Å²) < 4.78 is 0. The fourth-order valence-corrected chi connectivity index (χ4v) is 2.76. The molecule has 0 aliphatic carbocycles. The van der Waals surface area contributed by atoms with Gasteiger partial charge in [0, 0.05) is 44.4 Å². The zero-order chi connectivity index (χ0) is 18.8. The van der Waals surface area contributed by atoms with Crippen LogP contribution in [0, 0.1) is 0 Å². The molecule has 1 aliphatic heterocycles. The van der Waals surface area contributed by atoms with Crippen LogP contribution in [0.1, 0.15) is 6.42 Å². The Kier molecular flexibility index (Phi) is 8.49. The van der Waals surface area contributed by atoms with Crippen molar-refractivity contribution in [3.05, 3.63) is 42.5 Å². The number of anilines is 1. The number of para-hydroxylation sites is 1. The van der Waals surface area contributed by atoms with Gasteiger partial charge in [0.1, 0.15) is 0 Å². The molecule has 1 aromatic carbocycles. The largest absolute Gasteiger partial charge is 0.478 e. The number of hydrogen-bond acceptors (Lipinski definition) is 3. The number of alkyl halides is 1. The molecule has 1 unspecified atom stereocenters. The van der Waals surface area contributed by atoms with Crippen molar-refractivity contribution in [3.8, 4) is 0 Å². The SMILES string of the molecule is C/N=C1/N(C)CC(CCCl)N1c1ccccc1.O=C(O)/C=C/C(=O)O. The second-order valence-corrected chi connectivity index (χ2v) is 5.63. The average Bonchev–Trinajstić information content (AvgIpc) is 2.90. The molecule has 136 valence electrons. The molecule has 0 radical (unpaired) electrons. The maximum absolute atomic E-state index is 9.55. The van der Waals surface area contributed by atoms with Gasteiger partial charge in [0.15, 0.2) is 0 Å². The second-order valence-electron chi connectivity index (χ2n) is 5.25. The van der Waals surface area contributed by atoms with Gasteiger partial charge in [0.05, 0.1) is 6.04 Å². The molecule has 0 spiro atoms. The van der Waals surface area contributed by atoms with Gasteiger partial charge >= 0.3 is 11.9 Å². The first-order valence-electron chi connectivity index (χ1n) is 7.62. The Morgan fingerprint density at radius 3 is 2.24 bits per heavy atom. The van der Waals surface area contributed by atoms with Crippen LogP contribution in [0.4, 0.5) is 5.69 Å². The summed E-state index contributed by atoms with van der Waals surface area (Å²) in [5.74, 6) is -0.815. The molecule has 1 saturated heterocycles. The first-order chi connectivity index (χ1) is 11.9. The number of hydrogen-bond donors (Lipinski definition) is 2. The van der Waals surface area contributed by atoms with Gasteiger partial charge in [-0.05, 0) is 18.6 Å². The van der Waals surface area contributed by atoms with Crippen LogP contribution >= 0.6 is 11.6 Å². The summed E-state index contributed by atoms with van der Waals surface area (Å²) in [7, 11) is 3.91. The molecular weight excluding hydrogens is 346 g/mol. The minimum atomic E-state index is -1.26. The minimum absolute atomic E-state index is 0.415. The van der Waals surface area contributed by atoms with Gasteiger partial charge < -0.3 is 20.0 Å². The van der Waals surface area contributed by atoms with E-state index in [1.165, 1.54) is 5.69 Å². The van der Waals surface area contributed by atoms with Crippen molar-refractivity contribution in [2.75, 3.05) is 31.4 Å². The maximum Gasteiger partial charge on any atom is 0.328 e. The molecule has 25 heavy (non-hydrogen) atoms. The Bertz CT molecular complexity index is 618. The highest BCUT2D eigenvalue weighted by Crippen LogP contribution is 2.25. The van der Waals surface area contributed by atoms with Crippen molar-refractivity contribution in [3.63, 3.8) is 0 Å². The highest BCUT2D eigenvalue weighted by molar-refractivity contribution is 6.18. The van der Waals surface area contributed by atoms with Crippen molar-refractivity contribution in [1.29, 1.82) is 0 Å². The average molecular weight is 368 g/mol. The van der Waals surface area contributed by atoms with E-state index < -0.39 is 11.9 Å². The number of carboxylic acids is 2. The molecule has 1 fully saturated rings. The van der Waals surface area contributed by atoms with E-state index in [0.29, 0.717) is 24.1 Å². The lowest BCUT2D eigenvalue weighted by Crippen LogP contribution is -2.35. The number of benzene rings is 1. The molecule has 0 bridgehead atoms. The smallest absolute Gasteiger partial charge is 0.328 e. The third-order valence-corrected chi connectivity index (χ3v) is 3.67. The quantitative estimate of drug-likeness (QED) is 0.611.